The Morgan fingerprint density at radius 2 is 2.03 bits per heavy atom. The number of amides is 2. The normalized spacial score (nSPS) is 13.0. The van der Waals surface area contributed by atoms with Gasteiger partial charge in [0, 0.05) is 33.2 Å². The van der Waals surface area contributed by atoms with Crippen LogP contribution >= 0.6 is 0 Å². The molecule has 31 heavy (non-hydrogen) atoms. The van der Waals surface area contributed by atoms with Crippen LogP contribution in [0.25, 0.3) is 11.3 Å². The summed E-state index contributed by atoms with van der Waals surface area (Å²) in [6.07, 6.45) is 10.8. The minimum absolute atomic E-state index is 0. The van der Waals surface area contributed by atoms with Crippen LogP contribution in [0.1, 0.15) is 20.7 Å². The zero-order valence-electron chi connectivity index (χ0n) is 17.6. The van der Waals surface area contributed by atoms with Crippen LogP contribution in [0.5, 0.6) is 5.75 Å². The average Bonchev–Trinajstić information content (AvgIpc) is 3.09. The van der Waals surface area contributed by atoms with E-state index >= 15 is 0 Å². The number of carbonyl (C=O) groups excluding carboxylic acids is 1. The van der Waals surface area contributed by atoms with Crippen molar-refractivity contribution in [3.63, 3.8) is 0 Å². The van der Waals surface area contributed by atoms with Gasteiger partial charge in [-0.25, -0.2) is 9.78 Å². The number of anilines is 2. The summed E-state index contributed by atoms with van der Waals surface area (Å²) in [5, 5.41) is 8.91. The van der Waals surface area contributed by atoms with Crippen LogP contribution in [0.4, 0.5) is 16.2 Å². The molecule has 2 aromatic carbocycles. The average molecular weight is 420 g/mol. The van der Waals surface area contributed by atoms with Crippen LogP contribution in [0.3, 0.4) is 0 Å². The largest absolute Gasteiger partial charge is 0.495 e. The van der Waals surface area contributed by atoms with Gasteiger partial charge in [0.05, 0.1) is 12.8 Å². The molecule has 7 heteroatoms. The number of rotatable bonds is 5. The highest BCUT2D eigenvalue weighted by Crippen LogP contribution is 2.26. The second-order valence-electron chi connectivity index (χ2n) is 7.19. The maximum atomic E-state index is 12.5. The van der Waals surface area contributed by atoms with E-state index in [2.05, 4.69) is 33.1 Å². The van der Waals surface area contributed by atoms with Crippen LogP contribution in [-0.4, -0.2) is 29.2 Å². The number of nitrogens with one attached hydrogen (secondary N) is 3. The van der Waals surface area contributed by atoms with Gasteiger partial charge in [-0.3, -0.25) is 0 Å². The summed E-state index contributed by atoms with van der Waals surface area (Å²) in [6, 6.07) is 13.0. The standard InChI is InChI=1S/C24H25N5O2.2H2/c1-17-5-10-22(31-2)21(16-17)28-24(30)27-19-6-8-20(9-7-19)29-15-14-26-23(29)18-4-3-12-25-13-11-18;;/h3,5-12,14-16,25H,4,13H2,1-2H3,(H2,27,28,30);2*1H. The molecule has 0 unspecified atom stereocenters. The topological polar surface area (TPSA) is 80.2 Å². The second kappa shape index (κ2) is 9.21. The third kappa shape index (κ3) is 4.78. The molecule has 7 nitrogen and oxygen atoms in total. The molecule has 0 saturated heterocycles. The molecule has 162 valence electrons. The van der Waals surface area contributed by atoms with Crippen molar-refractivity contribution < 1.29 is 12.4 Å². The van der Waals surface area contributed by atoms with Gasteiger partial charge in [0.2, 0.25) is 0 Å². The molecule has 1 aromatic heterocycles. The summed E-state index contributed by atoms with van der Waals surface area (Å²) in [5.41, 5.74) is 4.49. The Morgan fingerprint density at radius 3 is 2.84 bits per heavy atom. The first-order valence-corrected chi connectivity index (χ1v) is 10.1. The van der Waals surface area contributed by atoms with Crippen LogP contribution in [0, 0.1) is 6.92 Å². The molecule has 4 rings (SSSR count). The van der Waals surface area contributed by atoms with Crippen LogP contribution in [-0.2, 0) is 0 Å². The predicted molar refractivity (Wildman–Crippen MR) is 128 cm³/mol. The number of carbonyl (C=O) groups is 1. The van der Waals surface area contributed by atoms with Crippen molar-refractivity contribution in [2.24, 2.45) is 0 Å². The minimum Gasteiger partial charge on any atom is -0.495 e. The van der Waals surface area contributed by atoms with E-state index in [1.165, 1.54) is 5.57 Å². The number of ether oxygens (including phenoxy) is 1. The molecule has 1 aliphatic rings. The van der Waals surface area contributed by atoms with Crippen LogP contribution in [0.2, 0.25) is 0 Å². The highest BCUT2D eigenvalue weighted by atomic mass is 16.5. The van der Waals surface area contributed by atoms with Crippen LogP contribution < -0.4 is 20.7 Å². The molecule has 3 aromatic rings. The van der Waals surface area contributed by atoms with Gasteiger partial charge in [0.1, 0.15) is 11.6 Å². The fourth-order valence-electron chi connectivity index (χ4n) is 3.44. The Morgan fingerprint density at radius 1 is 1.19 bits per heavy atom. The maximum absolute atomic E-state index is 12.5. The number of aryl methyl sites for hydroxylation is 1. The number of hydrogen-bond donors (Lipinski definition) is 3. The van der Waals surface area contributed by atoms with E-state index in [-0.39, 0.29) is 8.88 Å². The molecule has 1 aliphatic heterocycles. The number of hydrogen-bond acceptors (Lipinski definition) is 4. The van der Waals surface area contributed by atoms with Crippen molar-refractivity contribution in [3.8, 4) is 11.4 Å². The summed E-state index contributed by atoms with van der Waals surface area (Å²) in [5.74, 6) is 1.53. The highest BCUT2D eigenvalue weighted by Gasteiger charge is 2.12. The Kier molecular flexibility index (Phi) is 6.03. The summed E-state index contributed by atoms with van der Waals surface area (Å²) in [6.45, 7) is 2.74. The molecule has 2 heterocycles. The minimum atomic E-state index is -0.331. The molecule has 0 spiro atoms. The van der Waals surface area contributed by atoms with E-state index < -0.39 is 0 Å². The molecule has 0 fully saturated rings. The van der Waals surface area contributed by atoms with Crippen molar-refractivity contribution in [1.82, 2.24) is 14.9 Å². The number of benzene rings is 2. The number of urea groups is 1. The predicted octanol–water partition coefficient (Wildman–Crippen LogP) is 5.22. The first-order chi connectivity index (χ1) is 15.1. The van der Waals surface area contributed by atoms with Gasteiger partial charge in [-0.1, -0.05) is 18.2 Å². The van der Waals surface area contributed by atoms with Gasteiger partial charge < -0.3 is 25.3 Å². The van der Waals surface area contributed by atoms with E-state index in [1.54, 1.807) is 13.3 Å². The molecule has 0 atom stereocenters. The molecule has 0 radical (unpaired) electrons. The number of nitrogens with zero attached hydrogens (tertiary/aromatic N) is 2. The number of imidazole rings is 1. The summed E-state index contributed by atoms with van der Waals surface area (Å²) in [7, 11) is 1.58. The molecular formula is C24H29N5O2. The number of methoxy groups -OCH3 is 1. The van der Waals surface area contributed by atoms with Crippen molar-refractivity contribution in [3.05, 3.63) is 84.6 Å². The molecule has 0 aliphatic carbocycles. The monoisotopic (exact) mass is 419 g/mol. The SMILES string of the molecule is COc1ccc(C)cc1NC(=O)Nc1ccc(-n2ccnc2C2=CCNC=CC2)cc1.[HH].[HH]. The molecule has 0 bridgehead atoms. The Labute approximate surface area is 184 Å². The van der Waals surface area contributed by atoms with Gasteiger partial charge >= 0.3 is 6.03 Å². The quantitative estimate of drug-likeness (QED) is 0.530. The highest BCUT2D eigenvalue weighted by molar-refractivity contribution is 6.00. The van der Waals surface area contributed by atoms with Gasteiger partial charge in [-0.05, 0) is 67.1 Å². The Hall–Kier alpha value is -4.00. The van der Waals surface area contributed by atoms with Crippen LogP contribution in [0.15, 0.2) is 73.2 Å². The van der Waals surface area contributed by atoms with Crippen molar-refractivity contribution in [1.29, 1.82) is 0 Å². The van der Waals surface area contributed by atoms with E-state index in [4.69, 9.17) is 4.74 Å². The Bertz CT molecular complexity index is 1140. The smallest absolute Gasteiger partial charge is 0.323 e. The second-order valence-corrected chi connectivity index (χ2v) is 7.19. The lowest BCUT2D eigenvalue weighted by atomic mass is 10.1. The van der Waals surface area contributed by atoms with E-state index in [1.807, 2.05) is 66.4 Å². The molecule has 2 amide bonds. The first-order valence-electron chi connectivity index (χ1n) is 10.1. The first kappa shape index (κ1) is 20.3. The van der Waals surface area contributed by atoms with Crippen molar-refractivity contribution in [2.45, 2.75) is 13.3 Å². The van der Waals surface area contributed by atoms with E-state index in [0.717, 1.165) is 30.0 Å². The summed E-state index contributed by atoms with van der Waals surface area (Å²) in [4.78, 5) is 17.0. The van der Waals surface area contributed by atoms with Gasteiger partial charge in [0.15, 0.2) is 0 Å². The van der Waals surface area contributed by atoms with E-state index in [0.29, 0.717) is 17.1 Å². The zero-order valence-corrected chi connectivity index (χ0v) is 17.6. The third-order valence-electron chi connectivity index (χ3n) is 4.97. The molecule has 0 saturated carbocycles. The van der Waals surface area contributed by atoms with Crippen molar-refractivity contribution in [2.75, 3.05) is 24.3 Å². The van der Waals surface area contributed by atoms with Gasteiger partial charge in [0.25, 0.3) is 0 Å². The number of aromatic nitrogens is 2. The van der Waals surface area contributed by atoms with E-state index in [9.17, 15) is 4.79 Å². The Balaban J connectivity index is 0.00000193. The van der Waals surface area contributed by atoms with Crippen molar-refractivity contribution >= 4 is 23.0 Å². The number of allylic oxidation sites excluding steroid dienone is 2. The lowest BCUT2D eigenvalue weighted by molar-refractivity contribution is 0.262. The summed E-state index contributed by atoms with van der Waals surface area (Å²) < 4.78 is 7.36. The molecule has 3 N–H and O–H groups in total. The van der Waals surface area contributed by atoms with Gasteiger partial charge in [-0.2, -0.15) is 0 Å². The zero-order chi connectivity index (χ0) is 21.6. The van der Waals surface area contributed by atoms with Gasteiger partial charge in [-0.15, -0.1) is 0 Å². The maximum Gasteiger partial charge on any atom is 0.323 e. The summed E-state index contributed by atoms with van der Waals surface area (Å²) >= 11 is 0. The lowest BCUT2D eigenvalue weighted by Crippen LogP contribution is -2.19. The fraction of sp³-hybridized carbons (Fsp3) is 0.167. The fourth-order valence-corrected chi connectivity index (χ4v) is 3.44. The molecular weight excluding hydrogens is 390 g/mol. The lowest BCUT2D eigenvalue weighted by Gasteiger charge is -2.13. The third-order valence-corrected chi connectivity index (χ3v) is 4.97.